The average molecular weight is 433 g/mol. The summed E-state index contributed by atoms with van der Waals surface area (Å²) in [4.78, 5) is 24.1. The lowest BCUT2D eigenvalue weighted by Crippen LogP contribution is -2.55. The van der Waals surface area contributed by atoms with E-state index in [1.54, 1.807) is 0 Å². The van der Waals surface area contributed by atoms with Crippen molar-refractivity contribution in [1.29, 1.82) is 0 Å². The van der Waals surface area contributed by atoms with Crippen molar-refractivity contribution in [3.63, 3.8) is 0 Å². The normalized spacial score (nSPS) is 24.1. The number of carbonyl (C=O) groups is 2. The number of carboxylic acid groups (broad SMARTS) is 2. The molecule has 0 aromatic heterocycles. The summed E-state index contributed by atoms with van der Waals surface area (Å²) in [5.74, 6) is -2.60. The van der Waals surface area contributed by atoms with Gasteiger partial charge in [-0.3, -0.25) is 9.59 Å². The minimum absolute atomic E-state index is 0.0124. The van der Waals surface area contributed by atoms with Gasteiger partial charge in [-0.25, -0.2) is 0 Å². The largest absolute Gasteiger partial charge is 0.480 e. The molecule has 0 spiro atoms. The fourth-order valence-corrected chi connectivity index (χ4v) is 5.86. The van der Waals surface area contributed by atoms with Crippen molar-refractivity contribution >= 4 is 28.6 Å². The lowest BCUT2D eigenvalue weighted by molar-refractivity contribution is -0.173. The van der Waals surface area contributed by atoms with E-state index in [9.17, 15) is 19.8 Å². The van der Waals surface area contributed by atoms with Crippen molar-refractivity contribution in [2.24, 2.45) is 5.41 Å². The molecule has 0 aromatic rings. The van der Waals surface area contributed by atoms with E-state index in [-0.39, 0.29) is 22.9 Å². The zero-order valence-electron chi connectivity index (χ0n) is 19.3. The van der Waals surface area contributed by atoms with Crippen molar-refractivity contribution in [2.75, 3.05) is 0 Å². The first kappa shape index (κ1) is 25.3. The van der Waals surface area contributed by atoms with Gasteiger partial charge in [-0.1, -0.05) is 41.5 Å². The molecule has 2 atom stereocenters. The minimum Gasteiger partial charge on any atom is -0.480 e. The quantitative estimate of drug-likeness (QED) is 0.448. The lowest BCUT2D eigenvalue weighted by atomic mass is 9.71. The van der Waals surface area contributed by atoms with Crippen LogP contribution < -0.4 is 0 Å². The Labute approximate surface area is 172 Å². The van der Waals surface area contributed by atoms with Gasteiger partial charge in [-0.15, -0.1) is 0 Å². The molecule has 0 aliphatic heterocycles. The van der Waals surface area contributed by atoms with Gasteiger partial charge in [-0.05, 0) is 55.5 Å². The molecule has 164 valence electrons. The van der Waals surface area contributed by atoms with Crippen LogP contribution in [-0.4, -0.2) is 51.0 Å². The molecule has 0 heterocycles. The number of carboxylic acids is 2. The number of rotatable bonds is 6. The zero-order chi connectivity index (χ0) is 22.3. The molecule has 0 amide bonds. The van der Waals surface area contributed by atoms with Gasteiger partial charge in [0.25, 0.3) is 0 Å². The summed E-state index contributed by atoms with van der Waals surface area (Å²) in [6.45, 7) is 21.1. The molecule has 1 rings (SSSR count). The predicted octanol–water partition coefficient (Wildman–Crippen LogP) is 5.11. The fraction of sp³-hybridized carbons (Fsp3) is 0.900. The molecule has 6 nitrogen and oxygen atoms in total. The summed E-state index contributed by atoms with van der Waals surface area (Å²) in [6, 6.07) is 0. The van der Waals surface area contributed by atoms with Gasteiger partial charge in [0.2, 0.25) is 0 Å². The Morgan fingerprint density at radius 2 is 1.07 bits per heavy atom. The van der Waals surface area contributed by atoms with Gasteiger partial charge in [0.15, 0.2) is 22.0 Å². The highest BCUT2D eigenvalue weighted by Crippen LogP contribution is 2.46. The second-order valence-corrected chi connectivity index (χ2v) is 20.8. The van der Waals surface area contributed by atoms with Crippen molar-refractivity contribution in [2.45, 2.75) is 109 Å². The van der Waals surface area contributed by atoms with Gasteiger partial charge >= 0.3 is 11.9 Å². The Bertz CT molecular complexity index is 549. The van der Waals surface area contributed by atoms with Crippen LogP contribution in [0.15, 0.2) is 0 Å². The smallest absolute Gasteiger partial charge is 0.321 e. The van der Waals surface area contributed by atoms with E-state index in [0.717, 1.165) is 0 Å². The Hall–Kier alpha value is -0.706. The molecule has 1 aliphatic carbocycles. The second kappa shape index (κ2) is 7.85. The van der Waals surface area contributed by atoms with Gasteiger partial charge in [-0.2, -0.15) is 0 Å². The predicted molar refractivity (Wildman–Crippen MR) is 116 cm³/mol. The molecule has 0 aromatic carbocycles. The first-order valence-electron chi connectivity index (χ1n) is 10.1. The third-order valence-corrected chi connectivity index (χ3v) is 16.1. The van der Waals surface area contributed by atoms with Crippen LogP contribution in [0, 0.1) is 5.41 Å². The van der Waals surface area contributed by atoms with Crippen molar-refractivity contribution in [3.8, 4) is 0 Å². The Balaban J connectivity index is 3.26. The second-order valence-electron chi connectivity index (χ2n) is 11.3. The molecule has 2 unspecified atom stereocenters. The monoisotopic (exact) mass is 432 g/mol. The van der Waals surface area contributed by atoms with E-state index < -0.39 is 46.2 Å². The van der Waals surface area contributed by atoms with Crippen molar-refractivity contribution in [1.82, 2.24) is 0 Å². The van der Waals surface area contributed by atoms with Crippen LogP contribution in [0.1, 0.15) is 60.8 Å². The maximum Gasteiger partial charge on any atom is 0.321 e. The Kier molecular flexibility index (Phi) is 7.10. The minimum atomic E-state index is -2.18. The van der Waals surface area contributed by atoms with E-state index in [1.165, 1.54) is 0 Å². The average Bonchev–Trinajstić information content (AvgIpc) is 2.42. The first-order valence-corrected chi connectivity index (χ1v) is 15.9. The summed E-state index contributed by atoms with van der Waals surface area (Å²) < 4.78 is 13.0. The van der Waals surface area contributed by atoms with Gasteiger partial charge in [0, 0.05) is 12.2 Å². The molecular weight excluding hydrogens is 392 g/mol. The standard InChI is InChI=1S/C20H40O6Si2/c1-18(2,3)27(7,8)25-14-11-15(26-28(9,10)19(4,5)6)13-20(12-14,16(21)22)17(23)24/h14-15H,11-13H2,1-10H3,(H,21,22)(H,23,24). The highest BCUT2D eigenvalue weighted by Gasteiger charge is 2.55. The molecule has 8 heteroatoms. The maximum atomic E-state index is 12.1. The topological polar surface area (TPSA) is 93.1 Å². The zero-order valence-corrected chi connectivity index (χ0v) is 21.3. The summed E-state index contributed by atoms with van der Waals surface area (Å²) in [5.41, 5.74) is -1.86. The molecule has 2 N–H and O–H groups in total. The molecule has 0 radical (unpaired) electrons. The number of aliphatic carboxylic acids is 2. The molecule has 1 fully saturated rings. The van der Waals surface area contributed by atoms with Crippen molar-refractivity contribution < 1.29 is 28.7 Å². The van der Waals surface area contributed by atoms with E-state index >= 15 is 0 Å². The van der Waals surface area contributed by atoms with Gasteiger partial charge < -0.3 is 19.1 Å². The van der Waals surface area contributed by atoms with Gasteiger partial charge in [0.05, 0.1) is 0 Å². The fourth-order valence-electron chi connectivity index (χ4n) is 3.13. The van der Waals surface area contributed by atoms with Crippen LogP contribution in [0.3, 0.4) is 0 Å². The van der Waals surface area contributed by atoms with Gasteiger partial charge in [0.1, 0.15) is 0 Å². The highest BCUT2D eigenvalue weighted by molar-refractivity contribution is 6.74. The van der Waals surface area contributed by atoms with Crippen molar-refractivity contribution in [3.05, 3.63) is 0 Å². The van der Waals surface area contributed by atoms with Crippen LogP contribution in [0.4, 0.5) is 0 Å². The molecule has 0 bridgehead atoms. The van der Waals surface area contributed by atoms with Crippen LogP contribution in [0.5, 0.6) is 0 Å². The summed E-state index contributed by atoms with van der Waals surface area (Å²) >= 11 is 0. The third kappa shape index (κ3) is 5.26. The number of hydrogen-bond donors (Lipinski definition) is 2. The van der Waals surface area contributed by atoms with Crippen LogP contribution >= 0.6 is 0 Å². The van der Waals surface area contributed by atoms with E-state index in [1.807, 2.05) is 0 Å². The Morgan fingerprint density at radius 3 is 1.29 bits per heavy atom. The third-order valence-electron chi connectivity index (χ3n) is 7.03. The van der Waals surface area contributed by atoms with Crippen LogP contribution in [0.25, 0.3) is 0 Å². The van der Waals surface area contributed by atoms with E-state index in [0.29, 0.717) is 6.42 Å². The summed E-state index contributed by atoms with van der Waals surface area (Å²) in [6.07, 6.45) is -0.349. The van der Waals surface area contributed by atoms with Crippen LogP contribution in [0.2, 0.25) is 36.3 Å². The molecule has 0 saturated heterocycles. The molecular formula is C20H40O6Si2. The number of hydrogen-bond acceptors (Lipinski definition) is 4. The van der Waals surface area contributed by atoms with E-state index in [4.69, 9.17) is 8.85 Å². The highest BCUT2D eigenvalue weighted by atomic mass is 28.4. The first-order chi connectivity index (χ1) is 12.3. The lowest BCUT2D eigenvalue weighted by Gasteiger charge is -2.47. The SMILES string of the molecule is CC(C)(C)[Si](C)(C)OC1CC(O[Si](C)(C)C(C)(C)C)CC(C(=O)O)(C(=O)O)C1. The summed E-state index contributed by atoms with van der Waals surface area (Å²) in [7, 11) is -4.36. The Morgan fingerprint density at radius 1 is 0.786 bits per heavy atom. The van der Waals surface area contributed by atoms with Crippen LogP contribution in [-0.2, 0) is 18.4 Å². The van der Waals surface area contributed by atoms with E-state index in [2.05, 4.69) is 67.7 Å². The molecule has 1 aliphatic rings. The molecule has 28 heavy (non-hydrogen) atoms. The maximum absolute atomic E-state index is 12.1. The summed E-state index contributed by atoms with van der Waals surface area (Å²) in [5, 5.41) is 19.6. The molecule has 1 saturated carbocycles.